The van der Waals surface area contributed by atoms with Gasteiger partial charge in [-0.2, -0.15) is 0 Å². The highest BCUT2D eigenvalue weighted by molar-refractivity contribution is 7.19. The lowest BCUT2D eigenvalue weighted by atomic mass is 10.2. The number of benzene rings is 1. The van der Waals surface area contributed by atoms with Gasteiger partial charge in [0.1, 0.15) is 5.75 Å². The van der Waals surface area contributed by atoms with Gasteiger partial charge in [0.15, 0.2) is 11.6 Å². The number of hydrogen-bond acceptors (Lipinski definition) is 8. The SMILES string of the molecule is Oc1cccc(-c2nc(N3CCOCC3)c3sc(CN4CCNCC4)cc3n2)c1. The molecule has 0 saturated carbocycles. The van der Waals surface area contributed by atoms with Crippen LogP contribution in [0.5, 0.6) is 5.75 Å². The van der Waals surface area contributed by atoms with Crippen molar-refractivity contribution in [3.05, 3.63) is 35.2 Å². The normalized spacial score (nSPS) is 18.4. The van der Waals surface area contributed by atoms with Crippen molar-refractivity contribution in [1.82, 2.24) is 20.2 Å². The fourth-order valence-electron chi connectivity index (χ4n) is 3.90. The van der Waals surface area contributed by atoms with E-state index < -0.39 is 0 Å². The number of thiophene rings is 1. The molecule has 0 amide bonds. The highest BCUT2D eigenvalue weighted by atomic mass is 32.1. The Bertz CT molecular complexity index is 996. The van der Waals surface area contributed by atoms with Gasteiger partial charge in [-0.3, -0.25) is 4.90 Å². The number of piperazine rings is 1. The molecule has 1 aromatic carbocycles. The second-order valence-corrected chi connectivity index (χ2v) is 8.61. The maximum absolute atomic E-state index is 9.90. The van der Waals surface area contributed by atoms with Crippen LogP contribution in [0.3, 0.4) is 0 Å². The van der Waals surface area contributed by atoms with Gasteiger partial charge in [0.25, 0.3) is 0 Å². The molecule has 3 aromatic rings. The smallest absolute Gasteiger partial charge is 0.162 e. The minimum Gasteiger partial charge on any atom is -0.508 e. The number of nitrogens with one attached hydrogen (secondary N) is 1. The van der Waals surface area contributed by atoms with Gasteiger partial charge in [-0.1, -0.05) is 12.1 Å². The average molecular weight is 412 g/mol. The van der Waals surface area contributed by atoms with Gasteiger partial charge >= 0.3 is 0 Å². The van der Waals surface area contributed by atoms with Gasteiger partial charge in [-0.25, -0.2) is 9.97 Å². The van der Waals surface area contributed by atoms with Crippen LogP contribution in [0, 0.1) is 0 Å². The molecular weight excluding hydrogens is 386 g/mol. The van der Waals surface area contributed by atoms with Crippen molar-refractivity contribution in [2.45, 2.75) is 6.54 Å². The van der Waals surface area contributed by atoms with Gasteiger partial charge < -0.3 is 20.1 Å². The van der Waals surface area contributed by atoms with Crippen LogP contribution in [0.15, 0.2) is 30.3 Å². The van der Waals surface area contributed by atoms with Crippen molar-refractivity contribution >= 4 is 27.4 Å². The van der Waals surface area contributed by atoms with Crippen molar-refractivity contribution in [1.29, 1.82) is 0 Å². The van der Waals surface area contributed by atoms with Gasteiger partial charge in [0.2, 0.25) is 0 Å². The molecule has 4 heterocycles. The van der Waals surface area contributed by atoms with Crippen LogP contribution in [-0.4, -0.2) is 72.5 Å². The maximum Gasteiger partial charge on any atom is 0.162 e. The molecule has 2 aliphatic heterocycles. The number of anilines is 1. The summed E-state index contributed by atoms with van der Waals surface area (Å²) in [5.74, 6) is 1.86. The molecule has 0 spiro atoms. The lowest BCUT2D eigenvalue weighted by Gasteiger charge is -2.28. The number of ether oxygens (including phenoxy) is 1. The first-order valence-corrected chi connectivity index (χ1v) is 10.9. The van der Waals surface area contributed by atoms with Crippen LogP contribution in [0.1, 0.15) is 4.88 Å². The third kappa shape index (κ3) is 4.06. The number of fused-ring (bicyclic) bond motifs is 1. The summed E-state index contributed by atoms with van der Waals surface area (Å²) in [6.07, 6.45) is 0. The molecule has 7 nitrogen and oxygen atoms in total. The molecule has 0 unspecified atom stereocenters. The number of morpholine rings is 1. The Hall–Kier alpha value is -2.26. The zero-order valence-corrected chi connectivity index (χ0v) is 17.1. The highest BCUT2D eigenvalue weighted by Gasteiger charge is 2.21. The van der Waals surface area contributed by atoms with E-state index in [0.717, 1.165) is 67.4 Å². The van der Waals surface area contributed by atoms with E-state index in [1.165, 1.54) is 4.88 Å². The van der Waals surface area contributed by atoms with E-state index in [9.17, 15) is 5.11 Å². The fourth-order valence-corrected chi connectivity index (χ4v) is 5.05. The summed E-state index contributed by atoms with van der Waals surface area (Å²) >= 11 is 1.80. The van der Waals surface area contributed by atoms with Crippen LogP contribution >= 0.6 is 11.3 Å². The second-order valence-electron chi connectivity index (χ2n) is 7.47. The van der Waals surface area contributed by atoms with Crippen LogP contribution in [0.4, 0.5) is 5.82 Å². The number of phenolic OH excluding ortho intramolecular Hbond substituents is 1. The molecule has 5 rings (SSSR count). The van der Waals surface area contributed by atoms with Crippen LogP contribution in [0.2, 0.25) is 0 Å². The fraction of sp³-hybridized carbons (Fsp3) is 0.429. The summed E-state index contributed by atoms with van der Waals surface area (Å²) in [7, 11) is 0. The van der Waals surface area contributed by atoms with Gasteiger partial charge in [-0.05, 0) is 18.2 Å². The van der Waals surface area contributed by atoms with E-state index in [2.05, 4.69) is 21.2 Å². The van der Waals surface area contributed by atoms with E-state index >= 15 is 0 Å². The third-order valence-corrected chi connectivity index (χ3v) is 6.51. The predicted molar refractivity (Wildman–Crippen MR) is 116 cm³/mol. The lowest BCUT2D eigenvalue weighted by Crippen LogP contribution is -2.42. The molecule has 2 N–H and O–H groups in total. The monoisotopic (exact) mass is 411 g/mol. The quantitative estimate of drug-likeness (QED) is 0.682. The molecule has 8 heteroatoms. The van der Waals surface area contributed by atoms with Crippen LogP contribution < -0.4 is 10.2 Å². The van der Waals surface area contributed by atoms with E-state index in [0.29, 0.717) is 19.0 Å². The Morgan fingerprint density at radius 2 is 1.90 bits per heavy atom. The number of rotatable bonds is 4. The van der Waals surface area contributed by atoms with Gasteiger partial charge in [-0.15, -0.1) is 11.3 Å². The van der Waals surface area contributed by atoms with Crippen LogP contribution in [-0.2, 0) is 11.3 Å². The molecule has 2 aromatic heterocycles. The van der Waals surface area contributed by atoms with Crippen molar-refractivity contribution in [2.75, 3.05) is 57.4 Å². The summed E-state index contributed by atoms with van der Waals surface area (Å²) < 4.78 is 6.68. The van der Waals surface area contributed by atoms with Gasteiger partial charge in [0, 0.05) is 56.3 Å². The molecular formula is C21H25N5O2S. The minimum atomic E-state index is 0.226. The molecule has 0 radical (unpaired) electrons. The molecule has 2 saturated heterocycles. The molecule has 2 aliphatic rings. The number of aromatic nitrogens is 2. The third-order valence-electron chi connectivity index (χ3n) is 5.41. The Balaban J connectivity index is 1.56. The minimum absolute atomic E-state index is 0.226. The molecule has 0 aliphatic carbocycles. The van der Waals surface area contributed by atoms with E-state index in [4.69, 9.17) is 14.7 Å². The Kier molecular flexibility index (Phi) is 5.32. The van der Waals surface area contributed by atoms with Crippen LogP contribution in [0.25, 0.3) is 21.6 Å². The first kappa shape index (κ1) is 18.7. The Morgan fingerprint density at radius 1 is 1.07 bits per heavy atom. The summed E-state index contributed by atoms with van der Waals surface area (Å²) in [6, 6.07) is 9.37. The number of aromatic hydroxyl groups is 1. The summed E-state index contributed by atoms with van der Waals surface area (Å²) in [6.45, 7) is 8.28. The van der Waals surface area contributed by atoms with Crippen molar-refractivity contribution in [3.63, 3.8) is 0 Å². The Morgan fingerprint density at radius 3 is 2.69 bits per heavy atom. The van der Waals surface area contributed by atoms with Crippen molar-refractivity contribution < 1.29 is 9.84 Å². The second kappa shape index (κ2) is 8.23. The van der Waals surface area contributed by atoms with Crippen molar-refractivity contribution in [3.8, 4) is 17.1 Å². The van der Waals surface area contributed by atoms with E-state index in [-0.39, 0.29) is 5.75 Å². The standard InChI is InChI=1S/C21H25N5O2S/c27-16-3-1-2-15(12-16)20-23-18-13-17(14-25-6-4-22-5-7-25)29-19(18)21(24-20)26-8-10-28-11-9-26/h1-3,12-13,22,27H,4-11,14H2. The predicted octanol–water partition coefficient (Wildman–Crippen LogP) is 2.31. The van der Waals surface area contributed by atoms with Gasteiger partial charge in [0.05, 0.1) is 23.4 Å². The first-order chi connectivity index (χ1) is 14.3. The topological polar surface area (TPSA) is 73.8 Å². The summed E-state index contributed by atoms with van der Waals surface area (Å²) in [4.78, 5) is 15.9. The number of phenols is 1. The largest absolute Gasteiger partial charge is 0.508 e. The van der Waals surface area contributed by atoms with E-state index in [1.807, 2.05) is 12.1 Å². The highest BCUT2D eigenvalue weighted by Crippen LogP contribution is 2.35. The Labute approximate surface area is 173 Å². The molecule has 29 heavy (non-hydrogen) atoms. The molecule has 0 atom stereocenters. The summed E-state index contributed by atoms with van der Waals surface area (Å²) in [5, 5.41) is 13.3. The maximum atomic E-state index is 9.90. The molecule has 0 bridgehead atoms. The first-order valence-electron chi connectivity index (χ1n) is 10.1. The summed E-state index contributed by atoms with van der Waals surface area (Å²) in [5.41, 5.74) is 1.81. The lowest BCUT2D eigenvalue weighted by molar-refractivity contribution is 0.122. The zero-order valence-electron chi connectivity index (χ0n) is 16.3. The molecule has 2 fully saturated rings. The number of hydrogen-bond donors (Lipinski definition) is 2. The average Bonchev–Trinajstić information content (AvgIpc) is 3.16. The molecule has 152 valence electrons. The zero-order chi connectivity index (χ0) is 19.6. The number of nitrogens with zero attached hydrogens (tertiary/aromatic N) is 4. The van der Waals surface area contributed by atoms with Crippen molar-refractivity contribution in [2.24, 2.45) is 0 Å². The van der Waals surface area contributed by atoms with E-state index in [1.54, 1.807) is 23.5 Å².